The highest BCUT2D eigenvalue weighted by Crippen LogP contribution is 2.26. The van der Waals surface area contributed by atoms with E-state index in [1.54, 1.807) is 0 Å². The summed E-state index contributed by atoms with van der Waals surface area (Å²) in [4.78, 5) is 2.46. The van der Waals surface area contributed by atoms with Gasteiger partial charge >= 0.3 is 0 Å². The van der Waals surface area contributed by atoms with E-state index in [9.17, 15) is 0 Å². The van der Waals surface area contributed by atoms with Crippen molar-refractivity contribution < 1.29 is 4.74 Å². The van der Waals surface area contributed by atoms with Gasteiger partial charge in [0.2, 0.25) is 0 Å². The summed E-state index contributed by atoms with van der Waals surface area (Å²) in [5, 5.41) is 11.9. The summed E-state index contributed by atoms with van der Waals surface area (Å²) in [7, 11) is 2.21. The van der Waals surface area contributed by atoms with Gasteiger partial charge in [0.05, 0.1) is 0 Å². The van der Waals surface area contributed by atoms with Crippen molar-refractivity contribution in [3.05, 3.63) is 29.8 Å². The molecule has 1 atom stereocenters. The molecular weight excluding hydrogens is 250 g/mol. The molecule has 1 aliphatic rings. The fraction of sp³-hybridized carbons (Fsp3) is 0.562. The molecule has 108 valence electrons. The average Bonchev–Trinajstić information content (AvgIpc) is 3.30. The molecule has 1 saturated carbocycles. The van der Waals surface area contributed by atoms with Gasteiger partial charge in [0, 0.05) is 25.2 Å². The average molecular weight is 273 g/mol. The van der Waals surface area contributed by atoms with E-state index in [1.165, 1.54) is 18.4 Å². The maximum Gasteiger partial charge on any atom is 0.174 e. The maximum absolute atomic E-state index is 8.45. The van der Waals surface area contributed by atoms with Crippen LogP contribution in [0.15, 0.2) is 24.3 Å². The predicted molar refractivity (Wildman–Crippen MR) is 79.5 cm³/mol. The molecule has 1 aromatic carbocycles. The fourth-order valence-electron chi connectivity index (χ4n) is 2.23. The Labute approximate surface area is 121 Å². The van der Waals surface area contributed by atoms with Crippen LogP contribution in [-0.2, 0) is 6.54 Å². The van der Waals surface area contributed by atoms with Crippen LogP contribution in [-0.4, -0.2) is 37.2 Å². The van der Waals surface area contributed by atoms with Crippen molar-refractivity contribution in [2.75, 3.05) is 20.2 Å². The van der Waals surface area contributed by atoms with Crippen molar-refractivity contribution >= 4 is 0 Å². The Hall–Kier alpha value is -1.57. The van der Waals surface area contributed by atoms with Crippen LogP contribution in [0.3, 0.4) is 0 Å². The van der Waals surface area contributed by atoms with Gasteiger partial charge in [-0.3, -0.25) is 4.90 Å². The van der Waals surface area contributed by atoms with E-state index in [-0.39, 0.29) is 6.61 Å². The molecule has 1 N–H and O–H groups in total. The lowest BCUT2D eigenvalue weighted by atomic mass is 10.2. The van der Waals surface area contributed by atoms with Crippen LogP contribution in [0.1, 0.15) is 25.3 Å². The van der Waals surface area contributed by atoms with Crippen molar-refractivity contribution in [2.45, 2.75) is 38.4 Å². The van der Waals surface area contributed by atoms with E-state index in [1.807, 2.05) is 30.3 Å². The molecule has 1 aliphatic carbocycles. The van der Waals surface area contributed by atoms with Crippen LogP contribution in [0.5, 0.6) is 5.75 Å². The quantitative estimate of drug-likeness (QED) is 0.788. The highest BCUT2D eigenvalue weighted by Gasteiger charge is 2.28. The topological polar surface area (TPSA) is 48.3 Å². The van der Waals surface area contributed by atoms with Crippen molar-refractivity contribution in [1.29, 1.82) is 5.26 Å². The molecule has 0 saturated heterocycles. The maximum atomic E-state index is 8.45. The number of hydrogen-bond donors (Lipinski definition) is 1. The van der Waals surface area contributed by atoms with Crippen LogP contribution < -0.4 is 10.1 Å². The lowest BCUT2D eigenvalue weighted by molar-refractivity contribution is 0.241. The standard InChI is InChI=1S/C16H23N3O/c1-13(19(2)15-5-6-15)11-18-12-14-3-7-16(8-4-14)20-10-9-17/h3-4,7-8,13,15,18H,5-6,10-12H2,1-2H3. The number of likely N-dealkylation sites (N-methyl/N-ethyl adjacent to an activating group) is 1. The summed E-state index contributed by atoms with van der Waals surface area (Å²) < 4.78 is 5.23. The summed E-state index contributed by atoms with van der Waals surface area (Å²) in [6.45, 7) is 4.23. The Bertz CT molecular complexity index is 448. The van der Waals surface area contributed by atoms with Crippen LogP contribution in [0.2, 0.25) is 0 Å². The van der Waals surface area contributed by atoms with Gasteiger partial charge in [-0.05, 0) is 44.5 Å². The van der Waals surface area contributed by atoms with E-state index in [0.29, 0.717) is 6.04 Å². The minimum Gasteiger partial charge on any atom is -0.479 e. The first-order chi connectivity index (χ1) is 9.70. The Morgan fingerprint density at radius 1 is 1.40 bits per heavy atom. The molecule has 2 rings (SSSR count). The summed E-state index contributed by atoms with van der Waals surface area (Å²) >= 11 is 0. The number of hydrogen-bond acceptors (Lipinski definition) is 4. The SMILES string of the molecule is CC(CNCc1ccc(OCC#N)cc1)N(C)C1CC1. The first kappa shape index (κ1) is 14.8. The molecule has 0 heterocycles. The molecule has 0 aliphatic heterocycles. The number of benzene rings is 1. The Kier molecular flexibility index (Phi) is 5.40. The predicted octanol–water partition coefficient (Wildman–Crippen LogP) is 2.16. The Morgan fingerprint density at radius 3 is 2.70 bits per heavy atom. The zero-order chi connectivity index (χ0) is 14.4. The Morgan fingerprint density at radius 2 is 2.10 bits per heavy atom. The molecule has 0 spiro atoms. The molecule has 1 fully saturated rings. The number of nitrogens with one attached hydrogen (secondary N) is 1. The minimum atomic E-state index is 0.0998. The molecule has 1 unspecified atom stereocenters. The van der Waals surface area contributed by atoms with Crippen LogP contribution in [0.4, 0.5) is 0 Å². The fourth-order valence-corrected chi connectivity index (χ4v) is 2.23. The highest BCUT2D eigenvalue weighted by molar-refractivity contribution is 5.27. The van der Waals surface area contributed by atoms with Crippen LogP contribution in [0, 0.1) is 11.3 Å². The Balaban J connectivity index is 1.69. The van der Waals surface area contributed by atoms with E-state index in [0.717, 1.165) is 24.9 Å². The van der Waals surface area contributed by atoms with Gasteiger partial charge in [-0.25, -0.2) is 0 Å². The first-order valence-electron chi connectivity index (χ1n) is 7.22. The molecule has 0 radical (unpaired) electrons. The van der Waals surface area contributed by atoms with E-state index < -0.39 is 0 Å². The third kappa shape index (κ3) is 4.52. The summed E-state index contributed by atoms with van der Waals surface area (Å²) in [6, 6.07) is 11.2. The zero-order valence-electron chi connectivity index (χ0n) is 12.3. The largest absolute Gasteiger partial charge is 0.479 e. The summed E-state index contributed by atoms with van der Waals surface area (Å²) in [6.07, 6.45) is 2.70. The third-order valence-corrected chi connectivity index (χ3v) is 3.81. The second-order valence-corrected chi connectivity index (χ2v) is 5.47. The number of rotatable bonds is 8. The molecule has 4 nitrogen and oxygen atoms in total. The number of nitrogens with zero attached hydrogens (tertiary/aromatic N) is 2. The van der Waals surface area contributed by atoms with Crippen molar-refractivity contribution in [3.8, 4) is 11.8 Å². The van der Waals surface area contributed by atoms with Gasteiger partial charge < -0.3 is 10.1 Å². The van der Waals surface area contributed by atoms with Gasteiger partial charge in [0.1, 0.15) is 11.8 Å². The normalized spacial score (nSPS) is 15.9. The molecular formula is C16H23N3O. The van der Waals surface area contributed by atoms with E-state index in [4.69, 9.17) is 10.00 Å². The van der Waals surface area contributed by atoms with Gasteiger partial charge in [0.15, 0.2) is 6.61 Å². The summed E-state index contributed by atoms with van der Waals surface area (Å²) in [5.41, 5.74) is 1.23. The van der Waals surface area contributed by atoms with Crippen LogP contribution >= 0.6 is 0 Å². The second-order valence-electron chi connectivity index (χ2n) is 5.47. The molecule has 1 aromatic rings. The lowest BCUT2D eigenvalue weighted by Gasteiger charge is -2.24. The molecule has 0 amide bonds. The smallest absolute Gasteiger partial charge is 0.174 e. The van der Waals surface area contributed by atoms with E-state index in [2.05, 4.69) is 24.2 Å². The van der Waals surface area contributed by atoms with Gasteiger partial charge in [-0.1, -0.05) is 12.1 Å². The third-order valence-electron chi connectivity index (χ3n) is 3.81. The molecule has 0 bridgehead atoms. The lowest BCUT2D eigenvalue weighted by Crippen LogP contribution is -2.38. The van der Waals surface area contributed by atoms with Crippen LogP contribution in [0.25, 0.3) is 0 Å². The highest BCUT2D eigenvalue weighted by atomic mass is 16.5. The molecule has 20 heavy (non-hydrogen) atoms. The van der Waals surface area contributed by atoms with Crippen molar-refractivity contribution in [3.63, 3.8) is 0 Å². The summed E-state index contributed by atoms with van der Waals surface area (Å²) in [5.74, 6) is 0.747. The van der Waals surface area contributed by atoms with Gasteiger partial charge in [-0.15, -0.1) is 0 Å². The van der Waals surface area contributed by atoms with E-state index >= 15 is 0 Å². The number of ether oxygens (including phenoxy) is 1. The van der Waals surface area contributed by atoms with Gasteiger partial charge in [-0.2, -0.15) is 5.26 Å². The molecule has 4 heteroatoms. The first-order valence-corrected chi connectivity index (χ1v) is 7.22. The van der Waals surface area contributed by atoms with Crippen molar-refractivity contribution in [1.82, 2.24) is 10.2 Å². The minimum absolute atomic E-state index is 0.0998. The van der Waals surface area contributed by atoms with Crippen molar-refractivity contribution in [2.24, 2.45) is 0 Å². The molecule has 0 aromatic heterocycles. The van der Waals surface area contributed by atoms with Gasteiger partial charge in [0.25, 0.3) is 0 Å². The second kappa shape index (κ2) is 7.28. The number of nitriles is 1. The zero-order valence-corrected chi connectivity index (χ0v) is 12.3. The monoisotopic (exact) mass is 273 g/mol.